The Labute approximate surface area is 172 Å². The molecular weight excluding hydrogens is 384 g/mol. The lowest BCUT2D eigenvalue weighted by molar-refractivity contribution is 0.361. The molecule has 0 amide bonds. The van der Waals surface area contributed by atoms with Gasteiger partial charge in [0.1, 0.15) is 21.3 Å². The lowest BCUT2D eigenvalue weighted by Crippen LogP contribution is -2.29. The molecule has 0 aliphatic heterocycles. The van der Waals surface area contributed by atoms with Crippen LogP contribution in [0.2, 0.25) is 0 Å². The number of H-pyrrole nitrogens is 1. The van der Waals surface area contributed by atoms with Crippen molar-refractivity contribution in [1.29, 1.82) is 0 Å². The molecule has 0 spiro atoms. The second-order valence-corrected chi connectivity index (χ2v) is 10.5. The molecule has 0 saturated heterocycles. The van der Waals surface area contributed by atoms with E-state index in [0.29, 0.717) is 17.6 Å². The minimum absolute atomic E-state index is 0.268. The number of fused-ring (bicyclic) bond motifs is 1. The van der Waals surface area contributed by atoms with Crippen LogP contribution in [0.15, 0.2) is 30.3 Å². The Morgan fingerprint density at radius 1 is 1.07 bits per heavy atom. The average molecular weight is 413 g/mol. The van der Waals surface area contributed by atoms with Gasteiger partial charge in [0.25, 0.3) is 0 Å². The van der Waals surface area contributed by atoms with Gasteiger partial charge in [0.05, 0.1) is 11.1 Å². The zero-order chi connectivity index (χ0) is 20.6. The lowest BCUT2D eigenvalue weighted by atomic mass is 9.87. The maximum absolute atomic E-state index is 11.6. The van der Waals surface area contributed by atoms with Crippen LogP contribution < -0.4 is 5.32 Å². The van der Waals surface area contributed by atoms with Gasteiger partial charge in [-0.05, 0) is 51.0 Å². The molecule has 3 aromatic rings. The third kappa shape index (κ3) is 4.45. The molecular formula is C22H28N4O2S. The van der Waals surface area contributed by atoms with Crippen molar-refractivity contribution in [2.24, 2.45) is 5.92 Å². The Morgan fingerprint density at radius 2 is 1.76 bits per heavy atom. The molecule has 2 aromatic heterocycles. The number of sulfone groups is 1. The number of anilines is 1. The van der Waals surface area contributed by atoms with Crippen LogP contribution >= 0.6 is 0 Å². The van der Waals surface area contributed by atoms with Crippen molar-refractivity contribution < 1.29 is 8.42 Å². The topological polar surface area (TPSA) is 87.7 Å². The summed E-state index contributed by atoms with van der Waals surface area (Å²) in [7, 11) is -2.91. The monoisotopic (exact) mass is 412 g/mol. The lowest BCUT2D eigenvalue weighted by Gasteiger charge is -2.29. The van der Waals surface area contributed by atoms with Crippen LogP contribution in [0.5, 0.6) is 0 Å². The second kappa shape index (κ2) is 7.78. The van der Waals surface area contributed by atoms with E-state index in [1.807, 2.05) is 30.3 Å². The van der Waals surface area contributed by atoms with Crippen molar-refractivity contribution in [2.45, 2.75) is 45.6 Å². The largest absolute Gasteiger partial charge is 0.367 e. The number of aromatic amines is 1. The van der Waals surface area contributed by atoms with E-state index in [1.54, 1.807) is 0 Å². The Bertz CT molecular complexity index is 1110. The van der Waals surface area contributed by atoms with E-state index in [0.717, 1.165) is 59.4 Å². The number of benzene rings is 1. The van der Waals surface area contributed by atoms with E-state index in [1.165, 1.54) is 6.26 Å². The number of nitrogens with one attached hydrogen (secondary N) is 2. The van der Waals surface area contributed by atoms with Crippen LogP contribution in [0.1, 0.15) is 36.9 Å². The van der Waals surface area contributed by atoms with Crippen LogP contribution in [-0.4, -0.2) is 41.4 Å². The molecule has 0 unspecified atom stereocenters. The van der Waals surface area contributed by atoms with Gasteiger partial charge in [0.2, 0.25) is 0 Å². The normalized spacial score (nSPS) is 20.1. The fourth-order valence-corrected chi connectivity index (χ4v) is 5.47. The summed E-state index contributed by atoms with van der Waals surface area (Å²) in [5.74, 6) is 2.13. The summed E-state index contributed by atoms with van der Waals surface area (Å²) in [4.78, 5) is 13.0. The Kier molecular flexibility index (Phi) is 5.34. The number of rotatable bonds is 5. The van der Waals surface area contributed by atoms with E-state index in [4.69, 9.17) is 9.97 Å². The molecule has 0 atom stereocenters. The fourth-order valence-electron chi connectivity index (χ4n) is 4.28. The van der Waals surface area contributed by atoms with E-state index < -0.39 is 9.84 Å². The van der Waals surface area contributed by atoms with E-state index >= 15 is 0 Å². The molecule has 29 heavy (non-hydrogen) atoms. The summed E-state index contributed by atoms with van der Waals surface area (Å²) in [5.41, 5.74) is 4.09. The summed E-state index contributed by atoms with van der Waals surface area (Å²) in [6.45, 7) is 4.15. The first kappa shape index (κ1) is 19.9. The van der Waals surface area contributed by atoms with Gasteiger partial charge in [-0.3, -0.25) is 0 Å². The van der Waals surface area contributed by atoms with Gasteiger partial charge in [0.15, 0.2) is 5.82 Å². The maximum atomic E-state index is 11.6. The number of nitrogens with zero attached hydrogens (tertiary/aromatic N) is 2. The Balaban J connectivity index is 1.61. The molecule has 1 aliphatic carbocycles. The second-order valence-electron chi connectivity index (χ2n) is 8.31. The van der Waals surface area contributed by atoms with Crippen LogP contribution in [0.25, 0.3) is 22.4 Å². The van der Waals surface area contributed by atoms with Crippen molar-refractivity contribution in [3.63, 3.8) is 0 Å². The van der Waals surface area contributed by atoms with Crippen molar-refractivity contribution in [3.05, 3.63) is 41.6 Å². The van der Waals surface area contributed by atoms with Gasteiger partial charge in [-0.2, -0.15) is 0 Å². The quantitative estimate of drug-likeness (QED) is 0.654. The highest BCUT2D eigenvalue weighted by atomic mass is 32.2. The highest BCUT2D eigenvalue weighted by Crippen LogP contribution is 2.32. The van der Waals surface area contributed by atoms with Crippen molar-refractivity contribution in [3.8, 4) is 11.4 Å². The first-order valence-corrected chi connectivity index (χ1v) is 12.2. The molecule has 4 rings (SSSR count). The zero-order valence-electron chi connectivity index (χ0n) is 17.2. The molecule has 7 heteroatoms. The van der Waals surface area contributed by atoms with E-state index in [2.05, 4.69) is 24.1 Å². The summed E-state index contributed by atoms with van der Waals surface area (Å²) in [5, 5.41) is 4.69. The van der Waals surface area contributed by atoms with Gasteiger partial charge >= 0.3 is 0 Å². The Morgan fingerprint density at radius 3 is 2.41 bits per heavy atom. The fraction of sp³-hybridized carbons (Fsp3) is 0.455. The summed E-state index contributed by atoms with van der Waals surface area (Å²) < 4.78 is 23.2. The number of hydrogen-bond donors (Lipinski definition) is 2. The highest BCUT2D eigenvalue weighted by Gasteiger charge is 2.25. The van der Waals surface area contributed by atoms with Crippen LogP contribution in [0, 0.1) is 19.8 Å². The SMILES string of the molecule is Cc1[nH]c2nc(-c3ccccc3)nc(NC3CCC(CS(C)(=O)=O)CC3)c2c1C. The number of hydrogen-bond acceptors (Lipinski definition) is 5. The van der Waals surface area contributed by atoms with Crippen LogP contribution in [-0.2, 0) is 9.84 Å². The van der Waals surface area contributed by atoms with Crippen molar-refractivity contribution in [1.82, 2.24) is 15.0 Å². The van der Waals surface area contributed by atoms with Crippen molar-refractivity contribution >= 4 is 26.7 Å². The first-order chi connectivity index (χ1) is 13.8. The molecule has 1 aliphatic rings. The smallest absolute Gasteiger partial charge is 0.163 e. The first-order valence-electron chi connectivity index (χ1n) is 10.2. The van der Waals surface area contributed by atoms with Gasteiger partial charge in [-0.25, -0.2) is 18.4 Å². The Hall–Kier alpha value is -2.41. The zero-order valence-corrected chi connectivity index (χ0v) is 18.0. The maximum Gasteiger partial charge on any atom is 0.163 e. The molecule has 2 heterocycles. The number of aromatic nitrogens is 3. The van der Waals surface area contributed by atoms with Crippen LogP contribution in [0.4, 0.5) is 5.82 Å². The molecule has 1 saturated carbocycles. The van der Waals surface area contributed by atoms with Gasteiger partial charge in [-0.15, -0.1) is 0 Å². The molecule has 1 fully saturated rings. The van der Waals surface area contributed by atoms with E-state index in [-0.39, 0.29) is 5.92 Å². The average Bonchev–Trinajstić information content (AvgIpc) is 2.97. The number of aryl methyl sites for hydroxylation is 2. The van der Waals surface area contributed by atoms with E-state index in [9.17, 15) is 8.42 Å². The van der Waals surface area contributed by atoms with Gasteiger partial charge < -0.3 is 10.3 Å². The predicted molar refractivity (Wildman–Crippen MR) is 118 cm³/mol. The van der Waals surface area contributed by atoms with Gasteiger partial charge in [-0.1, -0.05) is 30.3 Å². The minimum atomic E-state index is -2.91. The molecule has 2 N–H and O–H groups in total. The van der Waals surface area contributed by atoms with Crippen molar-refractivity contribution in [2.75, 3.05) is 17.3 Å². The highest BCUT2D eigenvalue weighted by molar-refractivity contribution is 7.90. The molecule has 1 aromatic carbocycles. The predicted octanol–water partition coefficient (Wildman–Crippen LogP) is 4.26. The molecule has 0 radical (unpaired) electrons. The third-order valence-electron chi connectivity index (χ3n) is 5.91. The molecule has 6 nitrogen and oxygen atoms in total. The summed E-state index contributed by atoms with van der Waals surface area (Å²) >= 11 is 0. The van der Waals surface area contributed by atoms with Crippen LogP contribution in [0.3, 0.4) is 0 Å². The summed E-state index contributed by atoms with van der Waals surface area (Å²) in [6.07, 6.45) is 5.09. The molecule has 154 valence electrons. The third-order valence-corrected chi connectivity index (χ3v) is 6.99. The minimum Gasteiger partial charge on any atom is -0.367 e. The van der Waals surface area contributed by atoms with Gasteiger partial charge in [0, 0.05) is 23.6 Å². The standard InChI is InChI=1S/C22H28N4O2S/c1-14-15(2)23-21-19(14)22(26-20(25-21)17-7-5-4-6-8-17)24-18-11-9-16(10-12-18)13-29(3,27)28/h4-8,16,18H,9-13H2,1-3H3,(H2,23,24,25,26). The molecule has 0 bridgehead atoms. The summed E-state index contributed by atoms with van der Waals surface area (Å²) in [6, 6.07) is 10.3.